The minimum atomic E-state index is 0.786. The van der Waals surface area contributed by atoms with Crippen molar-refractivity contribution in [3.05, 3.63) is 36.4 Å². The first kappa shape index (κ1) is 14.7. The number of rotatable bonds is 8. The van der Waals surface area contributed by atoms with Crippen molar-refractivity contribution in [3.63, 3.8) is 0 Å². The highest BCUT2D eigenvalue weighted by atomic mass is 16.5. The van der Waals surface area contributed by atoms with Crippen LogP contribution in [-0.2, 0) is 0 Å². The van der Waals surface area contributed by atoms with Crippen LogP contribution in [0.15, 0.2) is 36.4 Å². The van der Waals surface area contributed by atoms with Crippen LogP contribution >= 0.6 is 0 Å². The third-order valence-electron chi connectivity index (χ3n) is 3.32. The quantitative estimate of drug-likeness (QED) is 0.615. The van der Waals surface area contributed by atoms with E-state index in [1.807, 2.05) is 12.1 Å². The molecule has 0 fully saturated rings. The van der Waals surface area contributed by atoms with E-state index < -0.39 is 0 Å². The summed E-state index contributed by atoms with van der Waals surface area (Å²) in [6, 6.07) is 12.5. The summed E-state index contributed by atoms with van der Waals surface area (Å²) in [5, 5.41) is 2.39. The Hall–Kier alpha value is -1.70. The first-order valence-electron chi connectivity index (χ1n) is 7.63. The molecular weight excluding hydrogens is 248 g/mol. The second-order valence-corrected chi connectivity index (χ2v) is 5.07. The van der Waals surface area contributed by atoms with E-state index in [0.29, 0.717) is 0 Å². The van der Waals surface area contributed by atoms with Gasteiger partial charge in [0.1, 0.15) is 11.5 Å². The van der Waals surface area contributed by atoms with Crippen LogP contribution in [0.2, 0.25) is 0 Å². The third-order valence-corrected chi connectivity index (χ3v) is 3.32. The van der Waals surface area contributed by atoms with Crippen LogP contribution in [0.5, 0.6) is 11.5 Å². The van der Waals surface area contributed by atoms with Gasteiger partial charge in [0, 0.05) is 0 Å². The maximum Gasteiger partial charge on any atom is 0.119 e. The first-order valence-corrected chi connectivity index (χ1v) is 7.63. The molecule has 0 amide bonds. The molecule has 20 heavy (non-hydrogen) atoms. The lowest BCUT2D eigenvalue weighted by molar-refractivity contribution is 0.309. The topological polar surface area (TPSA) is 18.5 Å². The molecule has 0 aliphatic heterocycles. The molecule has 0 saturated carbocycles. The average Bonchev–Trinajstić information content (AvgIpc) is 2.47. The molecule has 0 N–H and O–H groups in total. The zero-order valence-electron chi connectivity index (χ0n) is 12.5. The Morgan fingerprint density at radius 1 is 0.700 bits per heavy atom. The van der Waals surface area contributed by atoms with Crippen LogP contribution in [0.3, 0.4) is 0 Å². The fourth-order valence-electron chi connectivity index (χ4n) is 2.05. The number of benzene rings is 2. The SMILES string of the molecule is CCCCOc1ccc2ccc(OCCCC)cc2c1. The van der Waals surface area contributed by atoms with Gasteiger partial charge in [-0.25, -0.2) is 0 Å². The van der Waals surface area contributed by atoms with Crippen molar-refractivity contribution in [3.8, 4) is 11.5 Å². The lowest BCUT2D eigenvalue weighted by atomic mass is 10.1. The van der Waals surface area contributed by atoms with Gasteiger partial charge in [0.25, 0.3) is 0 Å². The highest BCUT2D eigenvalue weighted by Crippen LogP contribution is 2.25. The van der Waals surface area contributed by atoms with Crippen LogP contribution in [-0.4, -0.2) is 13.2 Å². The van der Waals surface area contributed by atoms with Crippen molar-refractivity contribution >= 4 is 10.8 Å². The Labute approximate surface area is 121 Å². The molecule has 2 rings (SSSR count). The molecule has 108 valence electrons. The summed E-state index contributed by atoms with van der Waals surface area (Å²) >= 11 is 0. The summed E-state index contributed by atoms with van der Waals surface area (Å²) in [7, 11) is 0. The van der Waals surface area contributed by atoms with Crippen molar-refractivity contribution in [2.75, 3.05) is 13.2 Å². The van der Waals surface area contributed by atoms with Gasteiger partial charge in [-0.2, -0.15) is 0 Å². The molecule has 2 heteroatoms. The molecular formula is C18H24O2. The number of fused-ring (bicyclic) bond motifs is 1. The van der Waals surface area contributed by atoms with Gasteiger partial charge >= 0.3 is 0 Å². The molecule has 0 aliphatic carbocycles. The van der Waals surface area contributed by atoms with E-state index in [1.165, 1.54) is 10.8 Å². The molecule has 0 saturated heterocycles. The Morgan fingerprint density at radius 3 is 1.65 bits per heavy atom. The predicted molar refractivity (Wildman–Crippen MR) is 84.8 cm³/mol. The number of hydrogen-bond donors (Lipinski definition) is 0. The fraction of sp³-hybridized carbons (Fsp3) is 0.444. The van der Waals surface area contributed by atoms with E-state index in [9.17, 15) is 0 Å². The van der Waals surface area contributed by atoms with Crippen molar-refractivity contribution < 1.29 is 9.47 Å². The molecule has 0 unspecified atom stereocenters. The van der Waals surface area contributed by atoms with E-state index >= 15 is 0 Å². The summed E-state index contributed by atoms with van der Waals surface area (Å²) in [4.78, 5) is 0. The number of hydrogen-bond acceptors (Lipinski definition) is 2. The highest BCUT2D eigenvalue weighted by Gasteiger charge is 2.00. The summed E-state index contributed by atoms with van der Waals surface area (Å²) < 4.78 is 11.5. The Balaban J connectivity index is 2.08. The molecule has 0 heterocycles. The Morgan fingerprint density at radius 2 is 1.20 bits per heavy atom. The molecule has 2 nitrogen and oxygen atoms in total. The minimum absolute atomic E-state index is 0.786. The van der Waals surface area contributed by atoms with Crippen LogP contribution < -0.4 is 9.47 Å². The average molecular weight is 272 g/mol. The van der Waals surface area contributed by atoms with Crippen molar-refractivity contribution in [2.24, 2.45) is 0 Å². The van der Waals surface area contributed by atoms with E-state index in [2.05, 4.69) is 38.1 Å². The maximum absolute atomic E-state index is 5.75. The Bertz CT molecular complexity index is 489. The fourth-order valence-corrected chi connectivity index (χ4v) is 2.05. The van der Waals surface area contributed by atoms with Crippen LogP contribution in [0.1, 0.15) is 39.5 Å². The zero-order chi connectivity index (χ0) is 14.2. The highest BCUT2D eigenvalue weighted by molar-refractivity contribution is 5.85. The lowest BCUT2D eigenvalue weighted by Gasteiger charge is -2.09. The van der Waals surface area contributed by atoms with Gasteiger partial charge in [-0.15, -0.1) is 0 Å². The standard InChI is InChI=1S/C18H24O2/c1-3-5-11-19-17-9-7-15-8-10-18(14-16(15)13-17)20-12-6-4-2/h7-10,13-14H,3-6,11-12H2,1-2H3. The van der Waals surface area contributed by atoms with Gasteiger partial charge in [-0.1, -0.05) is 38.8 Å². The normalized spacial score (nSPS) is 10.7. The summed E-state index contributed by atoms with van der Waals surface area (Å²) in [6.07, 6.45) is 4.50. The Kier molecular flexibility index (Phi) is 5.72. The molecule has 0 bridgehead atoms. The van der Waals surface area contributed by atoms with Gasteiger partial charge in [0.15, 0.2) is 0 Å². The van der Waals surface area contributed by atoms with Crippen molar-refractivity contribution in [2.45, 2.75) is 39.5 Å². The van der Waals surface area contributed by atoms with E-state index in [1.54, 1.807) is 0 Å². The molecule has 0 aliphatic rings. The summed E-state index contributed by atoms with van der Waals surface area (Å²) in [5.74, 6) is 1.88. The molecule has 2 aromatic rings. The van der Waals surface area contributed by atoms with Gasteiger partial charge in [0.05, 0.1) is 13.2 Å². The predicted octanol–water partition coefficient (Wildman–Crippen LogP) is 5.20. The number of ether oxygens (including phenoxy) is 2. The second-order valence-electron chi connectivity index (χ2n) is 5.07. The molecule has 2 aromatic carbocycles. The third kappa shape index (κ3) is 4.16. The first-order chi connectivity index (χ1) is 9.83. The monoisotopic (exact) mass is 272 g/mol. The van der Waals surface area contributed by atoms with Gasteiger partial charge in [0.2, 0.25) is 0 Å². The smallest absolute Gasteiger partial charge is 0.119 e. The van der Waals surface area contributed by atoms with Gasteiger partial charge in [-0.3, -0.25) is 0 Å². The van der Waals surface area contributed by atoms with Crippen LogP contribution in [0.4, 0.5) is 0 Å². The van der Waals surface area contributed by atoms with Crippen LogP contribution in [0.25, 0.3) is 10.8 Å². The van der Waals surface area contributed by atoms with Crippen molar-refractivity contribution in [1.29, 1.82) is 0 Å². The van der Waals surface area contributed by atoms with E-state index in [4.69, 9.17) is 9.47 Å². The summed E-state index contributed by atoms with van der Waals surface area (Å²) in [5.41, 5.74) is 0. The van der Waals surface area contributed by atoms with E-state index in [-0.39, 0.29) is 0 Å². The van der Waals surface area contributed by atoms with E-state index in [0.717, 1.165) is 50.4 Å². The second kappa shape index (κ2) is 7.78. The van der Waals surface area contributed by atoms with Gasteiger partial charge < -0.3 is 9.47 Å². The molecule has 0 radical (unpaired) electrons. The zero-order valence-corrected chi connectivity index (χ0v) is 12.5. The lowest BCUT2D eigenvalue weighted by Crippen LogP contribution is -1.97. The maximum atomic E-state index is 5.75. The molecule has 0 spiro atoms. The summed E-state index contributed by atoms with van der Waals surface area (Å²) in [6.45, 7) is 5.91. The largest absolute Gasteiger partial charge is 0.494 e. The minimum Gasteiger partial charge on any atom is -0.494 e. The van der Waals surface area contributed by atoms with Crippen LogP contribution in [0, 0.1) is 0 Å². The van der Waals surface area contributed by atoms with Gasteiger partial charge in [-0.05, 0) is 47.9 Å². The molecule has 0 aromatic heterocycles. The molecule has 0 atom stereocenters. The van der Waals surface area contributed by atoms with Crippen molar-refractivity contribution in [1.82, 2.24) is 0 Å². The number of unbranched alkanes of at least 4 members (excludes halogenated alkanes) is 2.